The Morgan fingerprint density at radius 3 is 2.52 bits per heavy atom. The molecule has 112 valence electrons. The molecule has 0 bridgehead atoms. The number of carbonyl (C=O) groups excluding carboxylic acids is 1. The normalized spacial score (nSPS) is 12.4. The Labute approximate surface area is 121 Å². The third kappa shape index (κ3) is 3.66. The Morgan fingerprint density at radius 2 is 1.95 bits per heavy atom. The van der Waals surface area contributed by atoms with E-state index in [0.717, 1.165) is 12.1 Å². The second-order valence-corrected chi connectivity index (χ2v) is 4.76. The van der Waals surface area contributed by atoms with Crippen molar-refractivity contribution in [2.24, 2.45) is 0 Å². The van der Waals surface area contributed by atoms with Crippen LogP contribution in [0.5, 0.6) is 0 Å². The molecule has 1 amide bonds. The predicted molar refractivity (Wildman–Crippen MR) is 74.6 cm³/mol. The third-order valence-electron chi connectivity index (χ3n) is 3.24. The zero-order chi connectivity index (χ0) is 15.4. The van der Waals surface area contributed by atoms with Crippen LogP contribution in [0.25, 0.3) is 0 Å². The number of nitrogens with zero attached hydrogens (tertiary/aromatic N) is 1. The van der Waals surface area contributed by atoms with Crippen LogP contribution in [0.2, 0.25) is 0 Å². The van der Waals surface area contributed by atoms with E-state index in [2.05, 4.69) is 5.32 Å². The Balaban J connectivity index is 2.02. The molecule has 1 unspecified atom stereocenters. The molecule has 0 aliphatic rings. The standard InChI is InChI=1S/C15H16F2N2O2/c1-10(19(2)9-11-5-4-8-21-11)15(20)18-14-12(16)6-3-7-13(14)17/h3-8,10H,9H2,1-2H3,(H,18,20). The summed E-state index contributed by atoms with van der Waals surface area (Å²) in [6.07, 6.45) is 1.54. The number of furan rings is 1. The van der Waals surface area contributed by atoms with Gasteiger partial charge >= 0.3 is 0 Å². The Morgan fingerprint density at radius 1 is 1.29 bits per heavy atom. The zero-order valence-electron chi connectivity index (χ0n) is 11.8. The van der Waals surface area contributed by atoms with Gasteiger partial charge in [0.25, 0.3) is 0 Å². The summed E-state index contributed by atoms with van der Waals surface area (Å²) < 4.78 is 32.2. The first-order chi connectivity index (χ1) is 9.99. The minimum Gasteiger partial charge on any atom is -0.468 e. The lowest BCUT2D eigenvalue weighted by molar-refractivity contribution is -0.120. The summed E-state index contributed by atoms with van der Waals surface area (Å²) in [5.41, 5.74) is -0.430. The summed E-state index contributed by atoms with van der Waals surface area (Å²) in [7, 11) is 1.73. The van der Waals surface area contributed by atoms with Crippen LogP contribution in [0.1, 0.15) is 12.7 Å². The van der Waals surface area contributed by atoms with Gasteiger partial charge in [-0.2, -0.15) is 0 Å². The maximum absolute atomic E-state index is 13.5. The molecule has 1 aromatic carbocycles. The Bertz CT molecular complexity index is 594. The molecule has 1 heterocycles. The van der Waals surface area contributed by atoms with Crippen molar-refractivity contribution in [3.63, 3.8) is 0 Å². The average molecular weight is 294 g/mol. The van der Waals surface area contributed by atoms with E-state index in [9.17, 15) is 13.6 Å². The van der Waals surface area contributed by atoms with E-state index in [-0.39, 0.29) is 0 Å². The molecule has 0 saturated heterocycles. The number of amides is 1. The van der Waals surface area contributed by atoms with Gasteiger partial charge < -0.3 is 9.73 Å². The zero-order valence-corrected chi connectivity index (χ0v) is 11.8. The average Bonchev–Trinajstić information content (AvgIpc) is 2.94. The first kappa shape index (κ1) is 15.2. The molecular formula is C15H16F2N2O2. The number of rotatable bonds is 5. The summed E-state index contributed by atoms with van der Waals surface area (Å²) in [6.45, 7) is 2.07. The third-order valence-corrected chi connectivity index (χ3v) is 3.24. The number of para-hydroxylation sites is 1. The molecule has 21 heavy (non-hydrogen) atoms. The van der Waals surface area contributed by atoms with E-state index in [1.165, 1.54) is 6.07 Å². The van der Waals surface area contributed by atoms with Crippen molar-refractivity contribution in [3.8, 4) is 0 Å². The molecule has 4 nitrogen and oxygen atoms in total. The van der Waals surface area contributed by atoms with Gasteiger partial charge in [-0.15, -0.1) is 0 Å². The first-order valence-corrected chi connectivity index (χ1v) is 6.46. The minimum atomic E-state index is -0.802. The Hall–Kier alpha value is -2.21. The molecule has 0 aliphatic carbocycles. The number of hydrogen-bond acceptors (Lipinski definition) is 3. The largest absolute Gasteiger partial charge is 0.468 e. The van der Waals surface area contributed by atoms with Crippen molar-refractivity contribution in [1.29, 1.82) is 0 Å². The van der Waals surface area contributed by atoms with Gasteiger partial charge in [-0.25, -0.2) is 8.78 Å². The molecule has 0 saturated carbocycles. The van der Waals surface area contributed by atoms with Crippen LogP contribution in [0.3, 0.4) is 0 Å². The smallest absolute Gasteiger partial charge is 0.241 e. The highest BCUT2D eigenvalue weighted by Gasteiger charge is 2.21. The van der Waals surface area contributed by atoms with Crippen molar-refractivity contribution in [2.45, 2.75) is 19.5 Å². The van der Waals surface area contributed by atoms with Crippen LogP contribution in [-0.4, -0.2) is 23.9 Å². The second kappa shape index (κ2) is 6.49. The minimum absolute atomic E-state index is 0.418. The lowest BCUT2D eigenvalue weighted by atomic mass is 10.2. The number of halogens is 2. The highest BCUT2D eigenvalue weighted by atomic mass is 19.1. The summed E-state index contributed by atoms with van der Waals surface area (Å²) in [5.74, 6) is -1.39. The fourth-order valence-corrected chi connectivity index (χ4v) is 1.83. The maximum atomic E-state index is 13.5. The van der Waals surface area contributed by atoms with E-state index in [1.807, 2.05) is 0 Å². The van der Waals surface area contributed by atoms with Crippen molar-refractivity contribution < 1.29 is 18.0 Å². The monoisotopic (exact) mass is 294 g/mol. The van der Waals surface area contributed by atoms with Gasteiger partial charge in [0.2, 0.25) is 5.91 Å². The first-order valence-electron chi connectivity index (χ1n) is 6.46. The highest BCUT2D eigenvalue weighted by molar-refractivity contribution is 5.94. The molecule has 0 spiro atoms. The van der Waals surface area contributed by atoms with Crippen LogP contribution in [0.4, 0.5) is 14.5 Å². The molecule has 1 aromatic heterocycles. The van der Waals surface area contributed by atoms with Crippen LogP contribution in [0.15, 0.2) is 41.0 Å². The molecule has 1 N–H and O–H groups in total. The van der Waals surface area contributed by atoms with Gasteiger partial charge in [0, 0.05) is 0 Å². The quantitative estimate of drug-likeness (QED) is 0.922. The van der Waals surface area contributed by atoms with Crippen molar-refractivity contribution in [3.05, 3.63) is 54.0 Å². The fraction of sp³-hybridized carbons (Fsp3) is 0.267. The molecule has 0 fully saturated rings. The number of hydrogen-bond donors (Lipinski definition) is 1. The van der Waals surface area contributed by atoms with Crippen molar-refractivity contribution >= 4 is 11.6 Å². The second-order valence-electron chi connectivity index (χ2n) is 4.76. The summed E-state index contributed by atoms with van der Waals surface area (Å²) in [4.78, 5) is 13.8. The molecule has 6 heteroatoms. The summed E-state index contributed by atoms with van der Waals surface area (Å²) in [5, 5.41) is 2.28. The van der Waals surface area contributed by atoms with Gasteiger partial charge in [0.1, 0.15) is 23.1 Å². The molecule has 1 atom stereocenters. The van der Waals surface area contributed by atoms with Crippen molar-refractivity contribution in [2.75, 3.05) is 12.4 Å². The maximum Gasteiger partial charge on any atom is 0.241 e. The molecule has 0 radical (unpaired) electrons. The number of nitrogens with one attached hydrogen (secondary N) is 1. The number of anilines is 1. The lowest BCUT2D eigenvalue weighted by Gasteiger charge is -2.23. The molecular weight excluding hydrogens is 278 g/mol. The van der Waals surface area contributed by atoms with Gasteiger partial charge in [0.05, 0.1) is 18.8 Å². The van der Waals surface area contributed by atoms with E-state index < -0.39 is 29.3 Å². The number of benzene rings is 1. The van der Waals surface area contributed by atoms with E-state index >= 15 is 0 Å². The van der Waals surface area contributed by atoms with E-state index in [0.29, 0.717) is 12.3 Å². The molecule has 2 aromatic rings. The molecule has 2 rings (SSSR count). The SMILES string of the molecule is CC(C(=O)Nc1c(F)cccc1F)N(C)Cc1ccco1. The number of likely N-dealkylation sites (N-methyl/N-ethyl adjacent to an activating group) is 1. The topological polar surface area (TPSA) is 45.5 Å². The van der Waals surface area contributed by atoms with E-state index in [1.54, 1.807) is 37.3 Å². The Kier molecular flexibility index (Phi) is 4.70. The lowest BCUT2D eigenvalue weighted by Crippen LogP contribution is -2.39. The van der Waals surface area contributed by atoms with Crippen molar-refractivity contribution in [1.82, 2.24) is 4.90 Å². The van der Waals surface area contributed by atoms with E-state index in [4.69, 9.17) is 4.42 Å². The van der Waals surface area contributed by atoms with Gasteiger partial charge in [0.15, 0.2) is 0 Å². The summed E-state index contributed by atoms with van der Waals surface area (Å²) in [6, 6.07) is 6.40. The van der Waals surface area contributed by atoms with Gasteiger partial charge in [-0.05, 0) is 38.2 Å². The van der Waals surface area contributed by atoms with Gasteiger partial charge in [-0.3, -0.25) is 9.69 Å². The van der Waals surface area contributed by atoms with Crippen LogP contribution < -0.4 is 5.32 Å². The van der Waals surface area contributed by atoms with Crippen LogP contribution in [0, 0.1) is 11.6 Å². The van der Waals surface area contributed by atoms with Crippen LogP contribution >= 0.6 is 0 Å². The highest BCUT2D eigenvalue weighted by Crippen LogP contribution is 2.18. The van der Waals surface area contributed by atoms with Crippen LogP contribution in [-0.2, 0) is 11.3 Å². The fourth-order valence-electron chi connectivity index (χ4n) is 1.83. The predicted octanol–water partition coefficient (Wildman–Crippen LogP) is 3.02. The number of carbonyl (C=O) groups is 1. The van der Waals surface area contributed by atoms with Gasteiger partial charge in [-0.1, -0.05) is 6.07 Å². The molecule has 0 aliphatic heterocycles. The summed E-state index contributed by atoms with van der Waals surface area (Å²) >= 11 is 0.